The number of hydrogen-bond donors (Lipinski definition) is 2. The largest absolute Gasteiger partial charge is 0.465 e. The van der Waals surface area contributed by atoms with E-state index in [0.29, 0.717) is 11.6 Å². The minimum atomic E-state index is -0.621. The summed E-state index contributed by atoms with van der Waals surface area (Å²) in [4.78, 5) is 19.7. The van der Waals surface area contributed by atoms with Crippen molar-refractivity contribution in [2.75, 3.05) is 12.4 Å². The van der Waals surface area contributed by atoms with Gasteiger partial charge in [-0.05, 0) is 27.7 Å². The molecule has 1 aromatic rings. The van der Waals surface area contributed by atoms with E-state index in [1.165, 1.54) is 13.3 Å². The van der Waals surface area contributed by atoms with Crippen LogP contribution < -0.4 is 5.32 Å². The zero-order chi connectivity index (χ0) is 13.9. The molecule has 0 fully saturated rings. The van der Waals surface area contributed by atoms with Crippen LogP contribution in [0.15, 0.2) is 6.20 Å². The van der Waals surface area contributed by atoms with Crippen molar-refractivity contribution in [1.29, 1.82) is 0 Å². The molecular weight excluding hydrogens is 234 g/mol. The maximum Gasteiger partial charge on any atom is 0.343 e. The SMILES string of the molecule is COC(=O)c1cnc(C)nc1NC(C)(C)C(C)O. The summed E-state index contributed by atoms with van der Waals surface area (Å²) in [7, 11) is 1.30. The van der Waals surface area contributed by atoms with E-state index in [-0.39, 0.29) is 5.56 Å². The summed E-state index contributed by atoms with van der Waals surface area (Å²) in [5.74, 6) is 0.380. The van der Waals surface area contributed by atoms with Crippen molar-refractivity contribution in [2.24, 2.45) is 0 Å². The lowest BCUT2D eigenvalue weighted by atomic mass is 9.98. The number of nitrogens with one attached hydrogen (secondary N) is 1. The first-order chi connectivity index (χ1) is 8.27. The van der Waals surface area contributed by atoms with Gasteiger partial charge in [-0.1, -0.05) is 0 Å². The molecule has 0 aliphatic rings. The fourth-order valence-corrected chi connectivity index (χ4v) is 1.23. The van der Waals surface area contributed by atoms with Gasteiger partial charge in [-0.25, -0.2) is 14.8 Å². The molecule has 18 heavy (non-hydrogen) atoms. The maximum atomic E-state index is 11.6. The molecule has 1 aromatic heterocycles. The molecule has 1 rings (SSSR count). The molecule has 100 valence electrons. The molecule has 0 saturated heterocycles. The topological polar surface area (TPSA) is 84.3 Å². The second-order valence-electron chi connectivity index (χ2n) is 4.69. The van der Waals surface area contributed by atoms with Crippen molar-refractivity contribution >= 4 is 11.8 Å². The highest BCUT2D eigenvalue weighted by molar-refractivity contribution is 5.94. The molecule has 0 saturated carbocycles. The van der Waals surface area contributed by atoms with Crippen LogP contribution >= 0.6 is 0 Å². The lowest BCUT2D eigenvalue weighted by Crippen LogP contribution is -2.42. The summed E-state index contributed by atoms with van der Waals surface area (Å²) in [6.07, 6.45) is 0.799. The Balaban J connectivity index is 3.14. The zero-order valence-electron chi connectivity index (χ0n) is 11.3. The van der Waals surface area contributed by atoms with Gasteiger partial charge < -0.3 is 15.2 Å². The van der Waals surface area contributed by atoms with Gasteiger partial charge >= 0.3 is 5.97 Å². The number of aromatic nitrogens is 2. The zero-order valence-corrected chi connectivity index (χ0v) is 11.3. The molecule has 0 aromatic carbocycles. The molecular formula is C12H19N3O3. The second kappa shape index (κ2) is 5.30. The third kappa shape index (κ3) is 3.16. The molecule has 0 aliphatic carbocycles. The Kier molecular flexibility index (Phi) is 4.24. The monoisotopic (exact) mass is 253 g/mol. The van der Waals surface area contributed by atoms with Gasteiger partial charge in [0.2, 0.25) is 0 Å². The highest BCUT2D eigenvalue weighted by atomic mass is 16.5. The quantitative estimate of drug-likeness (QED) is 0.783. The summed E-state index contributed by atoms with van der Waals surface area (Å²) in [5.41, 5.74) is -0.374. The normalized spacial score (nSPS) is 13.0. The van der Waals surface area contributed by atoms with Gasteiger partial charge in [0.25, 0.3) is 0 Å². The summed E-state index contributed by atoms with van der Waals surface area (Å²) < 4.78 is 4.67. The third-order valence-corrected chi connectivity index (χ3v) is 2.80. The van der Waals surface area contributed by atoms with Crippen molar-refractivity contribution in [3.8, 4) is 0 Å². The number of aryl methyl sites for hydroxylation is 1. The fourth-order valence-electron chi connectivity index (χ4n) is 1.23. The van der Waals surface area contributed by atoms with Crippen LogP contribution in [0.1, 0.15) is 37.0 Å². The second-order valence-corrected chi connectivity index (χ2v) is 4.69. The van der Waals surface area contributed by atoms with Crippen molar-refractivity contribution < 1.29 is 14.6 Å². The van der Waals surface area contributed by atoms with Crippen molar-refractivity contribution in [3.05, 3.63) is 17.6 Å². The van der Waals surface area contributed by atoms with Crippen LogP contribution in [-0.2, 0) is 4.74 Å². The number of anilines is 1. The molecule has 1 atom stereocenters. The van der Waals surface area contributed by atoms with Crippen LogP contribution in [0.25, 0.3) is 0 Å². The molecule has 1 unspecified atom stereocenters. The van der Waals surface area contributed by atoms with E-state index < -0.39 is 17.6 Å². The van der Waals surface area contributed by atoms with Crippen molar-refractivity contribution in [3.63, 3.8) is 0 Å². The minimum absolute atomic E-state index is 0.247. The predicted molar refractivity (Wildman–Crippen MR) is 67.5 cm³/mol. The first kappa shape index (κ1) is 14.4. The average Bonchev–Trinajstić information content (AvgIpc) is 2.27. The Morgan fingerprint density at radius 2 is 2.17 bits per heavy atom. The summed E-state index contributed by atoms with van der Waals surface area (Å²) in [5, 5.41) is 12.7. The number of esters is 1. The maximum absolute atomic E-state index is 11.6. The Morgan fingerprint density at radius 1 is 1.56 bits per heavy atom. The van der Waals surface area contributed by atoms with Gasteiger partial charge in [0, 0.05) is 6.20 Å². The summed E-state index contributed by atoms with van der Waals surface area (Å²) >= 11 is 0. The molecule has 0 aliphatic heterocycles. The van der Waals surface area contributed by atoms with Crippen molar-refractivity contribution in [2.45, 2.75) is 39.3 Å². The van der Waals surface area contributed by atoms with E-state index >= 15 is 0 Å². The summed E-state index contributed by atoms with van der Waals surface area (Å²) in [6.45, 7) is 7.02. The van der Waals surface area contributed by atoms with Crippen LogP contribution in [0, 0.1) is 6.92 Å². The molecule has 0 amide bonds. The third-order valence-electron chi connectivity index (χ3n) is 2.80. The molecule has 0 bridgehead atoms. The van der Waals surface area contributed by atoms with Crippen LogP contribution in [0.5, 0.6) is 0 Å². The van der Waals surface area contributed by atoms with Crippen LogP contribution in [0.2, 0.25) is 0 Å². The Morgan fingerprint density at radius 3 is 2.67 bits per heavy atom. The van der Waals surface area contributed by atoms with Gasteiger partial charge in [0.1, 0.15) is 17.2 Å². The van der Waals surface area contributed by atoms with E-state index in [4.69, 9.17) is 0 Å². The van der Waals surface area contributed by atoms with Gasteiger partial charge in [0.05, 0.1) is 18.8 Å². The van der Waals surface area contributed by atoms with E-state index in [9.17, 15) is 9.90 Å². The van der Waals surface area contributed by atoms with E-state index in [2.05, 4.69) is 20.0 Å². The molecule has 2 N–H and O–H groups in total. The lowest BCUT2D eigenvalue weighted by molar-refractivity contribution is 0.0600. The standard InChI is InChI=1S/C12H19N3O3/c1-7(16)12(3,4)15-10-9(11(17)18-5)6-13-8(2)14-10/h6-7,16H,1-5H3,(H,13,14,15). The first-order valence-electron chi connectivity index (χ1n) is 5.66. The van der Waals surface area contributed by atoms with Gasteiger partial charge in [-0.2, -0.15) is 0 Å². The molecule has 1 heterocycles. The Bertz CT molecular complexity index is 444. The first-order valence-corrected chi connectivity index (χ1v) is 5.66. The highest BCUT2D eigenvalue weighted by Gasteiger charge is 2.27. The molecule has 0 spiro atoms. The number of aliphatic hydroxyl groups excluding tert-OH is 1. The number of aliphatic hydroxyl groups is 1. The Labute approximate surface area is 106 Å². The molecule has 6 nitrogen and oxygen atoms in total. The van der Waals surface area contributed by atoms with Crippen LogP contribution in [0.4, 0.5) is 5.82 Å². The van der Waals surface area contributed by atoms with Crippen LogP contribution in [0.3, 0.4) is 0 Å². The van der Waals surface area contributed by atoms with Gasteiger partial charge in [0.15, 0.2) is 0 Å². The summed E-state index contributed by atoms with van der Waals surface area (Å²) in [6, 6.07) is 0. The number of ether oxygens (including phenoxy) is 1. The number of methoxy groups -OCH3 is 1. The molecule has 6 heteroatoms. The van der Waals surface area contributed by atoms with Gasteiger partial charge in [-0.3, -0.25) is 0 Å². The number of hydrogen-bond acceptors (Lipinski definition) is 6. The highest BCUT2D eigenvalue weighted by Crippen LogP contribution is 2.20. The minimum Gasteiger partial charge on any atom is -0.465 e. The van der Waals surface area contributed by atoms with E-state index in [1.807, 2.05) is 13.8 Å². The van der Waals surface area contributed by atoms with E-state index in [0.717, 1.165) is 0 Å². The lowest BCUT2D eigenvalue weighted by Gasteiger charge is -2.30. The smallest absolute Gasteiger partial charge is 0.343 e. The number of nitrogens with zero attached hydrogens (tertiary/aromatic N) is 2. The predicted octanol–water partition coefficient (Wildman–Crippen LogP) is 1.14. The van der Waals surface area contributed by atoms with E-state index in [1.54, 1.807) is 13.8 Å². The number of carbonyl (C=O) groups excluding carboxylic acids is 1. The Hall–Kier alpha value is -1.69. The molecule has 0 radical (unpaired) electrons. The average molecular weight is 253 g/mol. The van der Waals surface area contributed by atoms with Crippen LogP contribution in [-0.4, -0.2) is 39.8 Å². The van der Waals surface area contributed by atoms with Gasteiger partial charge in [-0.15, -0.1) is 0 Å². The van der Waals surface area contributed by atoms with Crippen molar-refractivity contribution in [1.82, 2.24) is 9.97 Å². The number of rotatable bonds is 4. The number of carbonyl (C=O) groups is 1. The fraction of sp³-hybridized carbons (Fsp3) is 0.583.